The Morgan fingerprint density at radius 1 is 0.889 bits per heavy atom. The largest absolute Gasteiger partial charge is 0.496 e. The van der Waals surface area contributed by atoms with Crippen LogP contribution in [-0.2, 0) is 6.54 Å². The number of hydrogen-bond donors (Lipinski definition) is 0. The van der Waals surface area contributed by atoms with Gasteiger partial charge in [0.05, 0.1) is 14.2 Å². The lowest BCUT2D eigenvalue weighted by Gasteiger charge is -2.50. The third-order valence-electron chi connectivity index (χ3n) is 6.08. The lowest BCUT2D eigenvalue weighted by atomic mass is 9.85. The third kappa shape index (κ3) is 3.83. The van der Waals surface area contributed by atoms with Crippen LogP contribution in [0.3, 0.4) is 0 Å². The van der Waals surface area contributed by atoms with Gasteiger partial charge in [-0.2, -0.15) is 0 Å². The van der Waals surface area contributed by atoms with Gasteiger partial charge in [-0.3, -0.25) is 4.90 Å². The molecule has 0 radical (unpaired) electrons. The monoisotopic (exact) mass is 366 g/mol. The minimum Gasteiger partial charge on any atom is -0.496 e. The maximum absolute atomic E-state index is 5.65. The second-order valence-electron chi connectivity index (χ2n) is 7.64. The first kappa shape index (κ1) is 18.3. The molecule has 0 amide bonds. The molecule has 2 fully saturated rings. The Bertz CT molecular complexity index is 758. The number of para-hydroxylation sites is 2. The fraction of sp³-hybridized carbons (Fsp3) is 0.478. The Kier molecular flexibility index (Phi) is 5.65. The zero-order chi connectivity index (χ0) is 18.6. The van der Waals surface area contributed by atoms with Crippen LogP contribution in [-0.4, -0.2) is 49.7 Å². The predicted octanol–water partition coefficient (Wildman–Crippen LogP) is 4.12. The van der Waals surface area contributed by atoms with Crippen LogP contribution in [0.2, 0.25) is 0 Å². The Hall–Kier alpha value is -2.04. The molecule has 27 heavy (non-hydrogen) atoms. The van der Waals surface area contributed by atoms with E-state index in [1.807, 2.05) is 12.1 Å². The smallest absolute Gasteiger partial charge is 0.123 e. The van der Waals surface area contributed by atoms with Crippen LogP contribution in [0.5, 0.6) is 11.5 Å². The lowest BCUT2D eigenvalue weighted by molar-refractivity contribution is -0.0130. The lowest BCUT2D eigenvalue weighted by Crippen LogP contribution is -2.54. The fourth-order valence-corrected chi connectivity index (χ4v) is 4.60. The number of methoxy groups -OCH3 is 2. The molecule has 2 aliphatic rings. The molecule has 2 saturated heterocycles. The third-order valence-corrected chi connectivity index (χ3v) is 6.08. The summed E-state index contributed by atoms with van der Waals surface area (Å²) in [5, 5.41) is 0. The molecule has 2 heterocycles. The molecule has 0 aromatic heterocycles. The molecule has 4 heteroatoms. The average Bonchev–Trinajstić information content (AvgIpc) is 3.22. The van der Waals surface area contributed by atoms with Crippen molar-refractivity contribution in [3.63, 3.8) is 0 Å². The molecule has 2 aliphatic heterocycles. The van der Waals surface area contributed by atoms with Crippen molar-refractivity contribution in [3.05, 3.63) is 59.7 Å². The molecule has 4 rings (SSSR count). The normalized spacial score (nSPS) is 23.2. The Balaban J connectivity index is 1.57. The second-order valence-corrected chi connectivity index (χ2v) is 7.64. The van der Waals surface area contributed by atoms with E-state index in [2.05, 4.69) is 46.2 Å². The molecule has 2 atom stereocenters. The average molecular weight is 367 g/mol. The SMILES string of the molecule is COc1ccccc1CN1C(CN2CCCC2)CC1c1ccccc1OC. The van der Waals surface area contributed by atoms with Crippen molar-refractivity contribution in [2.45, 2.75) is 37.9 Å². The molecule has 0 bridgehead atoms. The predicted molar refractivity (Wildman–Crippen MR) is 108 cm³/mol. The topological polar surface area (TPSA) is 24.9 Å². The van der Waals surface area contributed by atoms with E-state index >= 15 is 0 Å². The number of nitrogens with zero attached hydrogens (tertiary/aromatic N) is 2. The summed E-state index contributed by atoms with van der Waals surface area (Å²) in [4.78, 5) is 5.26. The molecule has 0 spiro atoms. The number of benzene rings is 2. The highest BCUT2D eigenvalue weighted by Crippen LogP contribution is 2.44. The van der Waals surface area contributed by atoms with Crippen LogP contribution < -0.4 is 9.47 Å². The number of rotatable bonds is 7. The molecule has 0 saturated carbocycles. The van der Waals surface area contributed by atoms with Gasteiger partial charge in [0.15, 0.2) is 0 Å². The van der Waals surface area contributed by atoms with Crippen molar-refractivity contribution >= 4 is 0 Å². The molecule has 0 aliphatic carbocycles. The Morgan fingerprint density at radius 2 is 1.56 bits per heavy atom. The van der Waals surface area contributed by atoms with Crippen molar-refractivity contribution < 1.29 is 9.47 Å². The van der Waals surface area contributed by atoms with Crippen LogP contribution >= 0.6 is 0 Å². The van der Waals surface area contributed by atoms with Crippen molar-refractivity contribution in [1.82, 2.24) is 9.80 Å². The van der Waals surface area contributed by atoms with E-state index in [9.17, 15) is 0 Å². The highest BCUT2D eigenvalue weighted by atomic mass is 16.5. The van der Waals surface area contributed by atoms with Gasteiger partial charge in [-0.25, -0.2) is 0 Å². The summed E-state index contributed by atoms with van der Waals surface area (Å²) in [7, 11) is 3.53. The maximum atomic E-state index is 5.65. The first-order valence-corrected chi connectivity index (χ1v) is 10.0. The molecule has 144 valence electrons. The van der Waals surface area contributed by atoms with Gasteiger partial charge in [0.25, 0.3) is 0 Å². The Labute approximate surface area is 162 Å². The number of ether oxygens (including phenoxy) is 2. The van der Waals surface area contributed by atoms with Gasteiger partial charge in [0.2, 0.25) is 0 Å². The van der Waals surface area contributed by atoms with Crippen molar-refractivity contribution in [1.29, 1.82) is 0 Å². The summed E-state index contributed by atoms with van der Waals surface area (Å²) < 4.78 is 11.3. The first-order chi connectivity index (χ1) is 13.3. The van der Waals surface area contributed by atoms with E-state index in [-0.39, 0.29) is 0 Å². The van der Waals surface area contributed by atoms with Crippen LogP contribution in [0.25, 0.3) is 0 Å². The molecule has 2 aromatic carbocycles. The van der Waals surface area contributed by atoms with E-state index in [1.54, 1.807) is 14.2 Å². The fourth-order valence-electron chi connectivity index (χ4n) is 4.60. The summed E-state index contributed by atoms with van der Waals surface area (Å²) in [5.74, 6) is 1.97. The van der Waals surface area contributed by atoms with E-state index in [1.165, 1.54) is 50.0 Å². The van der Waals surface area contributed by atoms with Gasteiger partial charge in [0, 0.05) is 36.3 Å². The van der Waals surface area contributed by atoms with E-state index in [0.29, 0.717) is 12.1 Å². The zero-order valence-corrected chi connectivity index (χ0v) is 16.4. The minimum atomic E-state index is 0.402. The van der Waals surface area contributed by atoms with E-state index < -0.39 is 0 Å². The standard InChI is InChI=1S/C23H30N2O2/c1-26-22-11-5-3-9-18(22)16-25-19(17-24-13-7-8-14-24)15-21(25)20-10-4-6-12-23(20)27-2/h3-6,9-12,19,21H,7-8,13-17H2,1-2H3. The highest BCUT2D eigenvalue weighted by Gasteiger charge is 2.41. The van der Waals surface area contributed by atoms with Gasteiger partial charge < -0.3 is 14.4 Å². The quantitative estimate of drug-likeness (QED) is 0.736. The number of likely N-dealkylation sites (tertiary alicyclic amines) is 2. The van der Waals surface area contributed by atoms with Gasteiger partial charge in [-0.15, -0.1) is 0 Å². The summed E-state index contributed by atoms with van der Waals surface area (Å²) in [6.45, 7) is 4.57. The summed E-state index contributed by atoms with van der Waals surface area (Å²) in [6.07, 6.45) is 3.87. The zero-order valence-electron chi connectivity index (χ0n) is 16.4. The highest BCUT2D eigenvalue weighted by molar-refractivity contribution is 5.39. The maximum Gasteiger partial charge on any atom is 0.123 e. The van der Waals surface area contributed by atoms with Crippen molar-refractivity contribution in [2.75, 3.05) is 33.9 Å². The molecule has 4 nitrogen and oxygen atoms in total. The molecule has 2 unspecified atom stereocenters. The van der Waals surface area contributed by atoms with Crippen LogP contribution in [0.15, 0.2) is 48.5 Å². The molecule has 0 N–H and O–H groups in total. The first-order valence-electron chi connectivity index (χ1n) is 10.0. The van der Waals surface area contributed by atoms with Crippen LogP contribution in [0, 0.1) is 0 Å². The summed E-state index contributed by atoms with van der Waals surface area (Å²) in [6, 6.07) is 17.8. The van der Waals surface area contributed by atoms with Gasteiger partial charge in [-0.1, -0.05) is 36.4 Å². The van der Waals surface area contributed by atoms with Crippen LogP contribution in [0.1, 0.15) is 36.4 Å². The van der Waals surface area contributed by atoms with Crippen molar-refractivity contribution in [3.8, 4) is 11.5 Å². The molecular formula is C23H30N2O2. The van der Waals surface area contributed by atoms with Gasteiger partial charge in [0.1, 0.15) is 11.5 Å². The molecular weight excluding hydrogens is 336 g/mol. The molecule has 2 aromatic rings. The summed E-state index contributed by atoms with van der Waals surface area (Å²) >= 11 is 0. The van der Waals surface area contributed by atoms with E-state index in [0.717, 1.165) is 18.0 Å². The Morgan fingerprint density at radius 3 is 2.30 bits per heavy atom. The summed E-state index contributed by atoms with van der Waals surface area (Å²) in [5.41, 5.74) is 2.55. The minimum absolute atomic E-state index is 0.402. The van der Waals surface area contributed by atoms with Gasteiger partial charge in [-0.05, 0) is 44.5 Å². The van der Waals surface area contributed by atoms with Crippen molar-refractivity contribution in [2.24, 2.45) is 0 Å². The van der Waals surface area contributed by atoms with E-state index in [4.69, 9.17) is 9.47 Å². The van der Waals surface area contributed by atoms with Crippen LogP contribution in [0.4, 0.5) is 0 Å². The number of hydrogen-bond acceptors (Lipinski definition) is 4. The second kappa shape index (κ2) is 8.32. The van der Waals surface area contributed by atoms with Gasteiger partial charge >= 0.3 is 0 Å².